The molecule has 0 aliphatic heterocycles. The van der Waals surface area contributed by atoms with Crippen LogP contribution in [0, 0.1) is 0 Å². The van der Waals surface area contributed by atoms with Crippen LogP contribution < -0.4 is 5.73 Å². The number of hydrogen-bond donors (Lipinski definition) is 1. The van der Waals surface area contributed by atoms with Gasteiger partial charge >= 0.3 is 0 Å². The first kappa shape index (κ1) is 8.04. The molecule has 0 amide bonds. The Kier molecular flexibility index (Phi) is 2.12. The van der Waals surface area contributed by atoms with Gasteiger partial charge in [-0.15, -0.1) is 5.10 Å². The summed E-state index contributed by atoms with van der Waals surface area (Å²) in [5.41, 5.74) is 5.43. The van der Waals surface area contributed by atoms with E-state index in [2.05, 4.69) is 23.9 Å². The van der Waals surface area contributed by atoms with Gasteiger partial charge < -0.3 is 5.73 Å². The number of hydrogen-bond acceptors (Lipinski definition) is 3. The van der Waals surface area contributed by atoms with Gasteiger partial charge in [-0.05, 0) is 6.42 Å². The van der Waals surface area contributed by atoms with Crippen molar-refractivity contribution in [3.8, 4) is 0 Å². The van der Waals surface area contributed by atoms with Crippen LogP contribution in [0.15, 0.2) is 0 Å². The lowest BCUT2D eigenvalue weighted by molar-refractivity contribution is 0.609. The van der Waals surface area contributed by atoms with E-state index in [1.165, 1.54) is 0 Å². The molecule has 0 bridgehead atoms. The molecule has 0 aliphatic rings. The smallest absolute Gasteiger partial charge is 0.239 e. The molecule has 0 saturated carbocycles. The third kappa shape index (κ3) is 1.50. The van der Waals surface area contributed by atoms with Crippen LogP contribution in [0.1, 0.15) is 32.0 Å². The molecule has 1 aromatic rings. The maximum atomic E-state index is 5.43. The zero-order valence-electron chi connectivity index (χ0n) is 7.20. The van der Waals surface area contributed by atoms with E-state index in [1.54, 1.807) is 4.68 Å². The number of nitrogens with two attached hydrogens (primary N) is 1. The first-order valence-corrected chi connectivity index (χ1v) is 3.81. The molecule has 0 fully saturated rings. The van der Waals surface area contributed by atoms with Gasteiger partial charge in [0, 0.05) is 13.0 Å². The Bertz CT molecular complexity index is 241. The zero-order chi connectivity index (χ0) is 8.43. The predicted octanol–water partition coefficient (Wildman–Crippen LogP) is 0.911. The molecule has 4 nitrogen and oxygen atoms in total. The number of aryl methyl sites for hydroxylation is 1. The minimum atomic E-state index is 0.364. The summed E-state index contributed by atoms with van der Waals surface area (Å²) in [5.74, 6) is 1.76. The second-order valence-corrected chi connectivity index (χ2v) is 2.76. The molecular weight excluding hydrogens is 140 g/mol. The second-order valence-electron chi connectivity index (χ2n) is 2.76. The number of nitrogen functional groups attached to an aromatic ring is 1. The zero-order valence-corrected chi connectivity index (χ0v) is 7.20. The SMILES string of the molecule is CCC(C)c1nc(N)nn1C. The molecule has 1 aromatic heterocycles. The van der Waals surface area contributed by atoms with E-state index in [0.29, 0.717) is 11.9 Å². The molecule has 2 N–H and O–H groups in total. The molecule has 1 heterocycles. The number of anilines is 1. The summed E-state index contributed by atoms with van der Waals surface area (Å²) >= 11 is 0. The van der Waals surface area contributed by atoms with Crippen molar-refractivity contribution in [3.05, 3.63) is 5.82 Å². The summed E-state index contributed by atoms with van der Waals surface area (Å²) in [5, 5.41) is 3.96. The molecule has 1 atom stereocenters. The Morgan fingerprint density at radius 3 is 2.64 bits per heavy atom. The molecule has 0 radical (unpaired) electrons. The van der Waals surface area contributed by atoms with E-state index in [1.807, 2.05) is 7.05 Å². The van der Waals surface area contributed by atoms with Crippen molar-refractivity contribution < 1.29 is 0 Å². The van der Waals surface area contributed by atoms with E-state index in [0.717, 1.165) is 12.2 Å². The highest BCUT2D eigenvalue weighted by Crippen LogP contribution is 2.15. The summed E-state index contributed by atoms with van der Waals surface area (Å²) in [6.45, 7) is 4.24. The van der Waals surface area contributed by atoms with E-state index in [-0.39, 0.29) is 0 Å². The van der Waals surface area contributed by atoms with E-state index >= 15 is 0 Å². The Hall–Kier alpha value is -1.06. The van der Waals surface area contributed by atoms with Gasteiger partial charge in [-0.25, -0.2) is 0 Å². The van der Waals surface area contributed by atoms with Gasteiger partial charge in [0.25, 0.3) is 0 Å². The standard InChI is InChI=1S/C7H14N4/c1-4-5(2)6-9-7(8)10-11(6)3/h5H,4H2,1-3H3,(H2,8,10). The van der Waals surface area contributed by atoms with Gasteiger partial charge in [0.05, 0.1) is 0 Å². The van der Waals surface area contributed by atoms with Gasteiger partial charge in [0.2, 0.25) is 5.95 Å². The van der Waals surface area contributed by atoms with Crippen molar-refractivity contribution in [2.75, 3.05) is 5.73 Å². The minimum absolute atomic E-state index is 0.364. The van der Waals surface area contributed by atoms with Gasteiger partial charge in [-0.1, -0.05) is 13.8 Å². The van der Waals surface area contributed by atoms with E-state index in [9.17, 15) is 0 Å². The average molecular weight is 154 g/mol. The Morgan fingerprint density at radius 2 is 2.27 bits per heavy atom. The van der Waals surface area contributed by atoms with Crippen LogP contribution in [0.2, 0.25) is 0 Å². The van der Waals surface area contributed by atoms with Crippen molar-refractivity contribution in [1.29, 1.82) is 0 Å². The van der Waals surface area contributed by atoms with Gasteiger partial charge in [0.1, 0.15) is 5.82 Å². The third-order valence-electron chi connectivity index (χ3n) is 1.87. The second kappa shape index (κ2) is 2.90. The first-order valence-electron chi connectivity index (χ1n) is 3.81. The molecular formula is C7H14N4. The van der Waals surface area contributed by atoms with Crippen molar-refractivity contribution >= 4 is 5.95 Å². The molecule has 62 valence electrons. The summed E-state index contributed by atoms with van der Waals surface area (Å²) in [6, 6.07) is 0. The molecule has 11 heavy (non-hydrogen) atoms. The topological polar surface area (TPSA) is 56.7 Å². The molecule has 4 heteroatoms. The number of rotatable bonds is 2. The van der Waals surface area contributed by atoms with Gasteiger partial charge in [0.15, 0.2) is 0 Å². The summed E-state index contributed by atoms with van der Waals surface area (Å²) in [7, 11) is 1.87. The Morgan fingerprint density at radius 1 is 1.64 bits per heavy atom. The fourth-order valence-electron chi connectivity index (χ4n) is 1.03. The predicted molar refractivity (Wildman–Crippen MR) is 44.1 cm³/mol. The van der Waals surface area contributed by atoms with Gasteiger partial charge in [-0.3, -0.25) is 4.68 Å². The first-order chi connectivity index (χ1) is 5.15. The molecule has 1 rings (SSSR count). The Balaban J connectivity index is 2.93. The minimum Gasteiger partial charge on any atom is -0.366 e. The maximum absolute atomic E-state index is 5.43. The summed E-state index contributed by atoms with van der Waals surface area (Å²) in [4.78, 5) is 4.11. The molecule has 0 aliphatic carbocycles. The average Bonchev–Trinajstić information content (AvgIpc) is 2.28. The van der Waals surface area contributed by atoms with Crippen LogP contribution >= 0.6 is 0 Å². The van der Waals surface area contributed by atoms with Gasteiger partial charge in [-0.2, -0.15) is 4.98 Å². The lowest BCUT2D eigenvalue weighted by Gasteiger charge is -2.05. The normalized spacial score (nSPS) is 13.4. The van der Waals surface area contributed by atoms with Crippen molar-refractivity contribution in [1.82, 2.24) is 14.8 Å². The van der Waals surface area contributed by atoms with Crippen molar-refractivity contribution in [2.24, 2.45) is 7.05 Å². The third-order valence-corrected chi connectivity index (χ3v) is 1.87. The largest absolute Gasteiger partial charge is 0.366 e. The highest BCUT2D eigenvalue weighted by molar-refractivity contribution is 5.15. The van der Waals surface area contributed by atoms with Crippen LogP contribution in [0.4, 0.5) is 5.95 Å². The lowest BCUT2D eigenvalue weighted by atomic mass is 10.1. The van der Waals surface area contributed by atoms with Crippen LogP contribution in [0.25, 0.3) is 0 Å². The van der Waals surface area contributed by atoms with E-state index < -0.39 is 0 Å². The fourth-order valence-corrected chi connectivity index (χ4v) is 1.03. The fraction of sp³-hybridized carbons (Fsp3) is 0.714. The highest BCUT2D eigenvalue weighted by atomic mass is 15.4. The maximum Gasteiger partial charge on any atom is 0.239 e. The molecule has 0 aromatic carbocycles. The van der Waals surface area contributed by atoms with E-state index in [4.69, 9.17) is 5.73 Å². The number of nitrogens with zero attached hydrogens (tertiary/aromatic N) is 3. The van der Waals surface area contributed by atoms with Crippen LogP contribution in [-0.2, 0) is 7.05 Å². The van der Waals surface area contributed by atoms with Crippen LogP contribution in [0.3, 0.4) is 0 Å². The summed E-state index contributed by atoms with van der Waals surface area (Å²) < 4.78 is 1.74. The number of aromatic nitrogens is 3. The van der Waals surface area contributed by atoms with Crippen molar-refractivity contribution in [3.63, 3.8) is 0 Å². The lowest BCUT2D eigenvalue weighted by Crippen LogP contribution is -2.02. The Labute approximate surface area is 66.4 Å². The molecule has 1 unspecified atom stereocenters. The quantitative estimate of drug-likeness (QED) is 0.688. The molecule has 0 saturated heterocycles. The monoisotopic (exact) mass is 154 g/mol. The summed E-state index contributed by atoms with van der Waals surface area (Å²) in [6.07, 6.45) is 1.06. The highest BCUT2D eigenvalue weighted by Gasteiger charge is 2.10. The molecule has 0 spiro atoms. The van der Waals surface area contributed by atoms with Crippen molar-refractivity contribution in [2.45, 2.75) is 26.2 Å². The van der Waals surface area contributed by atoms with Crippen LogP contribution in [-0.4, -0.2) is 14.8 Å². The van der Waals surface area contributed by atoms with Crippen LogP contribution in [0.5, 0.6) is 0 Å².